The Bertz CT molecular complexity index is 184. The van der Waals surface area contributed by atoms with Gasteiger partial charge in [0.05, 0.1) is 6.10 Å². The number of hydrogen-bond acceptors (Lipinski definition) is 2. The standard InChI is InChI=1S/C14H29NO/c1-5-11(3)10-12(6-2)15-13-8-7-9-14(13)16-4/h11-15H,5-10H2,1-4H3. The van der Waals surface area contributed by atoms with Gasteiger partial charge in [-0.05, 0) is 38.0 Å². The Morgan fingerprint density at radius 2 is 2.00 bits per heavy atom. The predicted octanol–water partition coefficient (Wildman–Crippen LogP) is 3.36. The summed E-state index contributed by atoms with van der Waals surface area (Å²) in [5.41, 5.74) is 0. The summed E-state index contributed by atoms with van der Waals surface area (Å²) in [5, 5.41) is 3.81. The fraction of sp³-hybridized carbons (Fsp3) is 1.00. The highest BCUT2D eigenvalue weighted by Gasteiger charge is 2.28. The molecular formula is C14H29NO. The van der Waals surface area contributed by atoms with Gasteiger partial charge in [-0.25, -0.2) is 0 Å². The summed E-state index contributed by atoms with van der Waals surface area (Å²) in [6, 6.07) is 1.27. The Labute approximate surface area is 101 Å². The van der Waals surface area contributed by atoms with E-state index in [0.717, 1.165) is 5.92 Å². The van der Waals surface area contributed by atoms with Crippen molar-refractivity contribution in [3.8, 4) is 0 Å². The van der Waals surface area contributed by atoms with Crippen molar-refractivity contribution in [2.45, 2.75) is 77.5 Å². The second-order valence-electron chi connectivity index (χ2n) is 5.33. The van der Waals surface area contributed by atoms with Gasteiger partial charge in [0.1, 0.15) is 0 Å². The second kappa shape index (κ2) is 7.29. The van der Waals surface area contributed by atoms with Crippen molar-refractivity contribution in [3.63, 3.8) is 0 Å². The van der Waals surface area contributed by atoms with E-state index in [9.17, 15) is 0 Å². The first-order chi connectivity index (χ1) is 7.71. The van der Waals surface area contributed by atoms with Gasteiger partial charge in [-0.15, -0.1) is 0 Å². The van der Waals surface area contributed by atoms with Crippen LogP contribution in [-0.2, 0) is 4.74 Å². The molecule has 0 aliphatic heterocycles. The van der Waals surface area contributed by atoms with E-state index < -0.39 is 0 Å². The molecule has 0 bridgehead atoms. The van der Waals surface area contributed by atoms with Gasteiger partial charge < -0.3 is 10.1 Å². The molecule has 1 aliphatic rings. The molecule has 1 rings (SSSR count). The van der Waals surface area contributed by atoms with E-state index in [2.05, 4.69) is 26.1 Å². The molecule has 1 fully saturated rings. The topological polar surface area (TPSA) is 21.3 Å². The number of rotatable bonds is 7. The predicted molar refractivity (Wildman–Crippen MR) is 69.7 cm³/mol. The Morgan fingerprint density at radius 1 is 1.25 bits per heavy atom. The summed E-state index contributed by atoms with van der Waals surface area (Å²) in [5.74, 6) is 0.833. The van der Waals surface area contributed by atoms with E-state index in [1.54, 1.807) is 0 Å². The van der Waals surface area contributed by atoms with E-state index in [-0.39, 0.29) is 0 Å². The Hall–Kier alpha value is -0.0800. The van der Waals surface area contributed by atoms with Gasteiger partial charge in [-0.3, -0.25) is 0 Å². The lowest BCUT2D eigenvalue weighted by atomic mass is 9.97. The average Bonchev–Trinajstić information content (AvgIpc) is 2.75. The van der Waals surface area contributed by atoms with Gasteiger partial charge in [0, 0.05) is 19.2 Å². The van der Waals surface area contributed by atoms with Gasteiger partial charge in [0.15, 0.2) is 0 Å². The number of hydrogen-bond donors (Lipinski definition) is 1. The van der Waals surface area contributed by atoms with Crippen LogP contribution in [0, 0.1) is 5.92 Å². The third kappa shape index (κ3) is 4.06. The minimum absolute atomic E-state index is 0.450. The van der Waals surface area contributed by atoms with Gasteiger partial charge >= 0.3 is 0 Å². The fourth-order valence-corrected chi connectivity index (χ4v) is 2.71. The molecular weight excluding hydrogens is 198 g/mol. The summed E-state index contributed by atoms with van der Waals surface area (Å²) in [4.78, 5) is 0. The highest BCUT2D eigenvalue weighted by molar-refractivity contribution is 4.86. The molecule has 96 valence electrons. The van der Waals surface area contributed by atoms with E-state index >= 15 is 0 Å². The Morgan fingerprint density at radius 3 is 2.56 bits per heavy atom. The lowest BCUT2D eigenvalue weighted by molar-refractivity contribution is 0.0797. The molecule has 0 saturated heterocycles. The minimum atomic E-state index is 0.450. The molecule has 4 atom stereocenters. The fourth-order valence-electron chi connectivity index (χ4n) is 2.71. The Kier molecular flexibility index (Phi) is 6.37. The van der Waals surface area contributed by atoms with Gasteiger partial charge in [-0.2, -0.15) is 0 Å². The van der Waals surface area contributed by atoms with Gasteiger partial charge in [-0.1, -0.05) is 27.2 Å². The second-order valence-corrected chi connectivity index (χ2v) is 5.33. The van der Waals surface area contributed by atoms with Gasteiger partial charge in [0.2, 0.25) is 0 Å². The maximum absolute atomic E-state index is 5.54. The molecule has 0 heterocycles. The SMILES string of the molecule is CCC(C)CC(CC)NC1CCCC1OC. The zero-order valence-corrected chi connectivity index (χ0v) is 11.5. The molecule has 2 nitrogen and oxygen atoms in total. The quantitative estimate of drug-likeness (QED) is 0.720. The molecule has 1 aliphatic carbocycles. The molecule has 0 aromatic carbocycles. The minimum Gasteiger partial charge on any atom is -0.380 e. The zero-order chi connectivity index (χ0) is 12.0. The van der Waals surface area contributed by atoms with Crippen molar-refractivity contribution in [1.82, 2.24) is 5.32 Å². The third-order valence-electron chi connectivity index (χ3n) is 4.08. The summed E-state index contributed by atoms with van der Waals surface area (Å²) >= 11 is 0. The maximum Gasteiger partial charge on any atom is 0.0724 e. The number of methoxy groups -OCH3 is 1. The van der Waals surface area contributed by atoms with Gasteiger partial charge in [0.25, 0.3) is 0 Å². The van der Waals surface area contributed by atoms with Crippen LogP contribution < -0.4 is 5.32 Å². The normalized spacial score (nSPS) is 29.2. The number of nitrogens with one attached hydrogen (secondary N) is 1. The molecule has 0 aromatic rings. The first-order valence-electron chi connectivity index (χ1n) is 7.00. The van der Waals surface area contributed by atoms with Crippen LogP contribution in [0.2, 0.25) is 0 Å². The van der Waals surface area contributed by atoms with E-state index in [4.69, 9.17) is 4.74 Å². The molecule has 0 amide bonds. The highest BCUT2D eigenvalue weighted by Crippen LogP contribution is 2.23. The van der Waals surface area contributed by atoms with Crippen molar-refractivity contribution in [3.05, 3.63) is 0 Å². The first kappa shape index (κ1) is 14.0. The molecule has 4 unspecified atom stereocenters. The lowest BCUT2D eigenvalue weighted by Gasteiger charge is -2.27. The molecule has 1 saturated carbocycles. The molecule has 0 radical (unpaired) electrons. The molecule has 0 spiro atoms. The van der Waals surface area contributed by atoms with Crippen molar-refractivity contribution in [2.75, 3.05) is 7.11 Å². The summed E-state index contributed by atoms with van der Waals surface area (Å²) < 4.78 is 5.54. The van der Waals surface area contributed by atoms with Crippen molar-refractivity contribution >= 4 is 0 Å². The molecule has 0 aromatic heterocycles. The molecule has 1 N–H and O–H groups in total. The third-order valence-corrected chi connectivity index (χ3v) is 4.08. The van der Waals surface area contributed by atoms with Crippen LogP contribution in [0.25, 0.3) is 0 Å². The summed E-state index contributed by atoms with van der Waals surface area (Å²) in [6.45, 7) is 6.93. The Balaban J connectivity index is 2.37. The smallest absolute Gasteiger partial charge is 0.0724 e. The van der Waals surface area contributed by atoms with Crippen molar-refractivity contribution in [2.24, 2.45) is 5.92 Å². The van der Waals surface area contributed by atoms with Crippen LogP contribution >= 0.6 is 0 Å². The van der Waals surface area contributed by atoms with Crippen molar-refractivity contribution < 1.29 is 4.74 Å². The largest absolute Gasteiger partial charge is 0.380 e. The summed E-state index contributed by atoms with van der Waals surface area (Å²) in [7, 11) is 1.85. The monoisotopic (exact) mass is 227 g/mol. The highest BCUT2D eigenvalue weighted by atomic mass is 16.5. The van der Waals surface area contributed by atoms with Crippen LogP contribution in [0.5, 0.6) is 0 Å². The van der Waals surface area contributed by atoms with Crippen molar-refractivity contribution in [1.29, 1.82) is 0 Å². The van der Waals surface area contributed by atoms with E-state index in [1.165, 1.54) is 38.5 Å². The van der Waals surface area contributed by atoms with E-state index in [1.807, 2.05) is 7.11 Å². The number of ether oxygens (including phenoxy) is 1. The van der Waals surface area contributed by atoms with E-state index in [0.29, 0.717) is 18.2 Å². The lowest BCUT2D eigenvalue weighted by Crippen LogP contribution is -2.43. The average molecular weight is 227 g/mol. The summed E-state index contributed by atoms with van der Waals surface area (Å²) in [6.07, 6.45) is 8.11. The van der Waals surface area contributed by atoms with Crippen LogP contribution in [0.3, 0.4) is 0 Å². The van der Waals surface area contributed by atoms with Crippen LogP contribution in [0.1, 0.15) is 59.3 Å². The zero-order valence-electron chi connectivity index (χ0n) is 11.5. The van der Waals surface area contributed by atoms with Crippen LogP contribution in [0.15, 0.2) is 0 Å². The maximum atomic E-state index is 5.54. The molecule has 2 heteroatoms. The van der Waals surface area contributed by atoms with Crippen LogP contribution in [0.4, 0.5) is 0 Å². The molecule has 16 heavy (non-hydrogen) atoms. The van der Waals surface area contributed by atoms with Crippen LogP contribution in [-0.4, -0.2) is 25.3 Å². The first-order valence-corrected chi connectivity index (χ1v) is 7.00.